The Hall–Kier alpha value is -3.49. The Kier molecular flexibility index (Phi) is 4.19. The molecule has 27 heavy (non-hydrogen) atoms. The van der Waals surface area contributed by atoms with Crippen LogP contribution >= 0.6 is 0 Å². The molecule has 4 rings (SSSR count). The van der Waals surface area contributed by atoms with E-state index >= 15 is 0 Å². The highest BCUT2D eigenvalue weighted by molar-refractivity contribution is 5.99. The summed E-state index contributed by atoms with van der Waals surface area (Å²) in [6.07, 6.45) is 0.526. The summed E-state index contributed by atoms with van der Waals surface area (Å²) in [7, 11) is 1.60. The van der Waals surface area contributed by atoms with Crippen molar-refractivity contribution in [2.24, 2.45) is 0 Å². The van der Waals surface area contributed by atoms with Gasteiger partial charge in [-0.05, 0) is 12.1 Å². The highest BCUT2D eigenvalue weighted by atomic mass is 19.1. The summed E-state index contributed by atoms with van der Waals surface area (Å²) in [6.45, 7) is 0.160. The topological polar surface area (TPSA) is 93.3 Å². The molecule has 2 amide bonds. The third kappa shape index (κ3) is 3.19. The number of nitrogens with one attached hydrogen (secondary N) is 1. The summed E-state index contributed by atoms with van der Waals surface area (Å²) in [5, 5.41) is 11.2. The van der Waals surface area contributed by atoms with Gasteiger partial charge in [0.1, 0.15) is 36.1 Å². The second kappa shape index (κ2) is 6.67. The van der Waals surface area contributed by atoms with E-state index in [-0.39, 0.29) is 30.6 Å². The van der Waals surface area contributed by atoms with Gasteiger partial charge in [-0.15, -0.1) is 0 Å². The van der Waals surface area contributed by atoms with Gasteiger partial charge in [-0.2, -0.15) is 5.10 Å². The van der Waals surface area contributed by atoms with Crippen LogP contribution < -0.4 is 5.32 Å². The van der Waals surface area contributed by atoms with Gasteiger partial charge in [0.15, 0.2) is 0 Å². The van der Waals surface area contributed by atoms with E-state index in [2.05, 4.69) is 15.6 Å². The first-order valence-corrected chi connectivity index (χ1v) is 8.30. The largest absolute Gasteiger partial charge is 0.364 e. The number of rotatable bonds is 4. The number of carbonyl (C=O) groups is 2. The highest BCUT2D eigenvalue weighted by Crippen LogP contribution is 2.26. The first kappa shape index (κ1) is 17.0. The van der Waals surface area contributed by atoms with E-state index in [0.717, 1.165) is 0 Å². The van der Waals surface area contributed by atoms with Crippen molar-refractivity contribution in [2.45, 2.75) is 19.1 Å². The van der Waals surface area contributed by atoms with Gasteiger partial charge in [0.2, 0.25) is 11.8 Å². The molecule has 1 N–H and O–H groups in total. The molecule has 1 unspecified atom stereocenters. The summed E-state index contributed by atoms with van der Waals surface area (Å²) in [6, 6.07) is 9.77. The Balaban J connectivity index is 1.75. The van der Waals surface area contributed by atoms with Crippen molar-refractivity contribution in [1.29, 1.82) is 0 Å². The molecule has 3 aromatic rings. The zero-order chi connectivity index (χ0) is 19.0. The van der Waals surface area contributed by atoms with E-state index in [4.69, 9.17) is 4.52 Å². The van der Waals surface area contributed by atoms with Crippen LogP contribution in [0.3, 0.4) is 0 Å². The molecule has 9 heteroatoms. The van der Waals surface area contributed by atoms with Crippen molar-refractivity contribution in [2.75, 3.05) is 7.05 Å². The monoisotopic (exact) mass is 369 g/mol. The van der Waals surface area contributed by atoms with Gasteiger partial charge in [0.05, 0.1) is 12.2 Å². The molecule has 0 saturated carbocycles. The summed E-state index contributed by atoms with van der Waals surface area (Å²) in [4.78, 5) is 25.2. The van der Waals surface area contributed by atoms with E-state index in [1.165, 1.54) is 17.2 Å². The van der Waals surface area contributed by atoms with Crippen molar-refractivity contribution < 1.29 is 18.5 Å². The number of carbonyl (C=O) groups excluding carboxylic acids is 2. The second-order valence-electron chi connectivity index (χ2n) is 6.24. The Labute approximate surface area is 153 Å². The molecule has 0 bridgehead atoms. The molecule has 3 heterocycles. The predicted molar refractivity (Wildman–Crippen MR) is 91.5 cm³/mol. The fraction of sp³-hybridized carbons (Fsp3) is 0.222. The van der Waals surface area contributed by atoms with Crippen LogP contribution in [0.25, 0.3) is 11.4 Å². The minimum absolute atomic E-state index is 0.160. The fourth-order valence-electron chi connectivity index (χ4n) is 3.01. The molecule has 0 aliphatic carbocycles. The molecule has 0 spiro atoms. The Bertz CT molecular complexity index is 998. The third-order valence-corrected chi connectivity index (χ3v) is 4.45. The minimum atomic E-state index is -0.703. The molecule has 1 atom stereocenters. The molecular formula is C18H16FN5O3. The maximum Gasteiger partial charge on any atom is 0.233 e. The fourth-order valence-corrected chi connectivity index (χ4v) is 3.01. The quantitative estimate of drug-likeness (QED) is 0.707. The average molecular weight is 369 g/mol. The lowest BCUT2D eigenvalue weighted by Crippen LogP contribution is -2.49. The highest BCUT2D eigenvalue weighted by Gasteiger charge is 2.32. The number of halogens is 1. The molecule has 138 valence electrons. The molecule has 1 aliphatic rings. The lowest BCUT2D eigenvalue weighted by Gasteiger charge is -2.31. The van der Waals surface area contributed by atoms with Gasteiger partial charge >= 0.3 is 0 Å². The summed E-state index contributed by atoms with van der Waals surface area (Å²) in [5.74, 6) is -1.01. The van der Waals surface area contributed by atoms with Gasteiger partial charge in [0, 0.05) is 18.7 Å². The maximum atomic E-state index is 14.1. The smallest absolute Gasteiger partial charge is 0.233 e. The van der Waals surface area contributed by atoms with Crippen LogP contribution in [0.4, 0.5) is 4.39 Å². The third-order valence-electron chi connectivity index (χ3n) is 4.45. The SMILES string of the molecule is CN1C(=O)CC(=O)NC1c1cc(-c2ccon2)n(Cc2ccccc2F)n1. The number of hydrogen-bond donors (Lipinski definition) is 1. The van der Waals surface area contributed by atoms with E-state index in [1.54, 1.807) is 42.1 Å². The predicted octanol–water partition coefficient (Wildman–Crippen LogP) is 1.70. The van der Waals surface area contributed by atoms with Crippen LogP contribution in [0.2, 0.25) is 0 Å². The van der Waals surface area contributed by atoms with Crippen LogP contribution in [0, 0.1) is 5.82 Å². The first-order chi connectivity index (χ1) is 13.0. The van der Waals surface area contributed by atoms with Crippen LogP contribution in [-0.2, 0) is 16.1 Å². The maximum absolute atomic E-state index is 14.1. The standard InChI is InChI=1S/C18H16FN5O3/c1-23-17(26)9-16(25)20-18(23)14-8-15(13-6-7-27-22-13)24(21-14)10-11-4-2-3-5-12(11)19/h2-8,18H,9-10H2,1H3,(H,20,25). The van der Waals surface area contributed by atoms with Crippen molar-refractivity contribution in [3.8, 4) is 11.4 Å². The molecule has 2 aromatic heterocycles. The summed E-state index contributed by atoms with van der Waals surface area (Å²) < 4.78 is 20.6. The van der Waals surface area contributed by atoms with Crippen molar-refractivity contribution in [1.82, 2.24) is 25.2 Å². The Morgan fingerprint density at radius 1 is 1.30 bits per heavy atom. The number of nitrogens with zero attached hydrogens (tertiary/aromatic N) is 4. The van der Waals surface area contributed by atoms with Gasteiger partial charge in [-0.1, -0.05) is 23.4 Å². The molecule has 1 saturated heterocycles. The number of hydrogen-bond acceptors (Lipinski definition) is 5. The number of benzene rings is 1. The van der Waals surface area contributed by atoms with Crippen LogP contribution in [0.15, 0.2) is 47.2 Å². The van der Waals surface area contributed by atoms with Crippen molar-refractivity contribution in [3.05, 3.63) is 59.7 Å². The molecular weight excluding hydrogens is 353 g/mol. The van der Waals surface area contributed by atoms with E-state index in [9.17, 15) is 14.0 Å². The van der Waals surface area contributed by atoms with Gasteiger partial charge < -0.3 is 14.7 Å². The van der Waals surface area contributed by atoms with Crippen molar-refractivity contribution in [3.63, 3.8) is 0 Å². The molecule has 1 aliphatic heterocycles. The average Bonchev–Trinajstić information content (AvgIpc) is 3.29. The minimum Gasteiger partial charge on any atom is -0.364 e. The van der Waals surface area contributed by atoms with Gasteiger partial charge in [-0.3, -0.25) is 14.3 Å². The molecule has 8 nitrogen and oxygen atoms in total. The van der Waals surface area contributed by atoms with Crippen LogP contribution in [0.1, 0.15) is 23.8 Å². The van der Waals surface area contributed by atoms with E-state index < -0.39 is 6.17 Å². The zero-order valence-corrected chi connectivity index (χ0v) is 14.4. The van der Waals surface area contributed by atoms with Gasteiger partial charge in [-0.25, -0.2) is 4.39 Å². The summed E-state index contributed by atoms with van der Waals surface area (Å²) in [5.41, 5.74) is 2.01. The normalized spacial score (nSPS) is 17.3. The van der Waals surface area contributed by atoms with Crippen LogP contribution in [0.5, 0.6) is 0 Å². The lowest BCUT2D eigenvalue weighted by atomic mass is 10.2. The molecule has 1 fully saturated rings. The molecule has 0 radical (unpaired) electrons. The number of amides is 2. The lowest BCUT2D eigenvalue weighted by molar-refractivity contribution is -0.143. The second-order valence-corrected chi connectivity index (χ2v) is 6.24. The number of aromatic nitrogens is 3. The Morgan fingerprint density at radius 2 is 2.11 bits per heavy atom. The summed E-state index contributed by atoms with van der Waals surface area (Å²) >= 11 is 0. The molecule has 1 aromatic carbocycles. The first-order valence-electron chi connectivity index (χ1n) is 8.30. The Morgan fingerprint density at radius 3 is 2.85 bits per heavy atom. The van der Waals surface area contributed by atoms with Crippen LogP contribution in [-0.4, -0.2) is 38.7 Å². The van der Waals surface area contributed by atoms with E-state index in [0.29, 0.717) is 22.6 Å². The van der Waals surface area contributed by atoms with Crippen molar-refractivity contribution >= 4 is 11.8 Å². The van der Waals surface area contributed by atoms with E-state index in [1.807, 2.05) is 0 Å². The van der Waals surface area contributed by atoms with Gasteiger partial charge in [0.25, 0.3) is 0 Å². The zero-order valence-electron chi connectivity index (χ0n) is 14.4.